The largest absolute Gasteiger partial charge is 0.453 e. The highest BCUT2D eigenvalue weighted by Gasteiger charge is 2.17. The number of furan rings is 1. The van der Waals surface area contributed by atoms with Crippen LogP contribution in [-0.2, 0) is 6.54 Å². The monoisotopic (exact) mass is 314 g/mol. The third kappa shape index (κ3) is 4.41. The molecular weight excluding hydrogens is 292 g/mol. The Morgan fingerprint density at radius 3 is 2.78 bits per heavy atom. The van der Waals surface area contributed by atoms with Crippen molar-refractivity contribution in [3.8, 4) is 0 Å². The van der Waals surface area contributed by atoms with E-state index in [-0.39, 0.29) is 0 Å². The van der Waals surface area contributed by atoms with E-state index in [0.29, 0.717) is 0 Å². The summed E-state index contributed by atoms with van der Waals surface area (Å²) in [5, 5.41) is 3.43. The predicted octanol–water partition coefficient (Wildman–Crippen LogP) is 3.25. The number of piperidine rings is 1. The third-order valence-electron chi connectivity index (χ3n) is 3.52. The minimum Gasteiger partial charge on any atom is -0.453 e. The van der Waals surface area contributed by atoms with Crippen molar-refractivity contribution in [2.45, 2.75) is 32.7 Å². The number of halogens is 1. The first kappa shape index (κ1) is 14.1. The van der Waals surface area contributed by atoms with E-state index >= 15 is 0 Å². The molecule has 1 aromatic rings. The van der Waals surface area contributed by atoms with E-state index in [9.17, 15) is 0 Å². The lowest BCUT2D eigenvalue weighted by Gasteiger charge is -2.29. The van der Waals surface area contributed by atoms with Crippen molar-refractivity contribution < 1.29 is 4.42 Å². The Bertz CT molecular complexity index is 347. The summed E-state index contributed by atoms with van der Waals surface area (Å²) in [6.45, 7) is 7.89. The third-order valence-corrected chi connectivity index (χ3v) is 3.95. The molecule has 1 fully saturated rings. The molecule has 1 aliphatic rings. The topological polar surface area (TPSA) is 28.4 Å². The molecule has 0 aliphatic carbocycles. The van der Waals surface area contributed by atoms with E-state index in [1.807, 2.05) is 6.07 Å². The molecule has 0 amide bonds. The van der Waals surface area contributed by atoms with Gasteiger partial charge in [0, 0.05) is 6.54 Å². The molecule has 0 spiro atoms. The van der Waals surface area contributed by atoms with Crippen LogP contribution in [0.4, 0.5) is 0 Å². The van der Waals surface area contributed by atoms with Gasteiger partial charge in [0.15, 0.2) is 4.67 Å². The molecular formula is C14H23BrN2O. The molecule has 102 valence electrons. The highest BCUT2D eigenvalue weighted by Crippen LogP contribution is 2.18. The molecule has 1 aromatic heterocycles. The minimum atomic E-state index is 0.829. The van der Waals surface area contributed by atoms with Crippen LogP contribution in [0.3, 0.4) is 0 Å². The summed E-state index contributed by atoms with van der Waals surface area (Å²) in [6.07, 6.45) is 3.82. The van der Waals surface area contributed by atoms with Gasteiger partial charge in [0.1, 0.15) is 5.76 Å². The first-order valence-electron chi connectivity index (χ1n) is 6.95. The Hall–Kier alpha value is -0.320. The molecule has 1 saturated heterocycles. The van der Waals surface area contributed by atoms with Crippen molar-refractivity contribution in [1.82, 2.24) is 10.2 Å². The number of rotatable bonds is 6. The van der Waals surface area contributed by atoms with Crippen molar-refractivity contribution in [1.29, 1.82) is 0 Å². The maximum Gasteiger partial charge on any atom is 0.169 e. The summed E-state index contributed by atoms with van der Waals surface area (Å²) >= 11 is 3.37. The van der Waals surface area contributed by atoms with Crippen LogP contribution in [0, 0.1) is 5.92 Å². The Balaban J connectivity index is 1.86. The predicted molar refractivity (Wildman–Crippen MR) is 77.6 cm³/mol. The second-order valence-electron chi connectivity index (χ2n) is 5.13. The van der Waals surface area contributed by atoms with Gasteiger partial charge in [0.25, 0.3) is 0 Å². The van der Waals surface area contributed by atoms with Gasteiger partial charge in [-0.15, -0.1) is 0 Å². The fourth-order valence-corrected chi connectivity index (χ4v) is 2.98. The van der Waals surface area contributed by atoms with Crippen LogP contribution < -0.4 is 5.32 Å². The van der Waals surface area contributed by atoms with E-state index in [0.717, 1.165) is 29.4 Å². The maximum absolute atomic E-state index is 5.61. The SMILES string of the molecule is CCCN(Cc1ccc(Br)o1)CC1CCNCC1. The van der Waals surface area contributed by atoms with Gasteiger partial charge in [-0.25, -0.2) is 0 Å². The number of hydrogen-bond donors (Lipinski definition) is 1. The molecule has 0 atom stereocenters. The van der Waals surface area contributed by atoms with Crippen molar-refractivity contribution in [2.24, 2.45) is 5.92 Å². The average molecular weight is 315 g/mol. The molecule has 2 rings (SSSR count). The highest BCUT2D eigenvalue weighted by molar-refractivity contribution is 9.10. The summed E-state index contributed by atoms with van der Waals surface area (Å²) in [5.41, 5.74) is 0. The molecule has 0 unspecified atom stereocenters. The fourth-order valence-electron chi connectivity index (χ4n) is 2.64. The first-order valence-corrected chi connectivity index (χ1v) is 7.74. The van der Waals surface area contributed by atoms with Crippen LogP contribution in [-0.4, -0.2) is 31.1 Å². The molecule has 0 bridgehead atoms. The van der Waals surface area contributed by atoms with Crippen LogP contribution >= 0.6 is 15.9 Å². The quantitative estimate of drug-likeness (QED) is 0.873. The normalized spacial score (nSPS) is 17.5. The zero-order valence-electron chi connectivity index (χ0n) is 11.1. The summed E-state index contributed by atoms with van der Waals surface area (Å²) in [5.74, 6) is 1.90. The molecule has 0 saturated carbocycles. The lowest BCUT2D eigenvalue weighted by molar-refractivity contribution is 0.186. The van der Waals surface area contributed by atoms with Gasteiger partial charge < -0.3 is 9.73 Å². The number of hydrogen-bond acceptors (Lipinski definition) is 3. The van der Waals surface area contributed by atoms with E-state index < -0.39 is 0 Å². The lowest BCUT2D eigenvalue weighted by atomic mass is 9.97. The molecule has 0 radical (unpaired) electrons. The number of nitrogens with zero attached hydrogens (tertiary/aromatic N) is 1. The molecule has 0 aromatic carbocycles. The Labute approximate surface area is 118 Å². The molecule has 18 heavy (non-hydrogen) atoms. The molecule has 4 heteroatoms. The van der Waals surface area contributed by atoms with Crippen LogP contribution in [0.2, 0.25) is 0 Å². The smallest absolute Gasteiger partial charge is 0.169 e. The van der Waals surface area contributed by atoms with E-state index in [1.165, 1.54) is 38.9 Å². The van der Waals surface area contributed by atoms with Crippen LogP contribution in [0.15, 0.2) is 21.2 Å². The van der Waals surface area contributed by atoms with Crippen molar-refractivity contribution in [3.05, 3.63) is 22.6 Å². The fraction of sp³-hybridized carbons (Fsp3) is 0.714. The van der Waals surface area contributed by atoms with Gasteiger partial charge in [-0.05, 0) is 72.9 Å². The zero-order valence-corrected chi connectivity index (χ0v) is 12.7. The Morgan fingerprint density at radius 2 is 2.17 bits per heavy atom. The summed E-state index contributed by atoms with van der Waals surface area (Å²) in [6, 6.07) is 4.04. The highest BCUT2D eigenvalue weighted by atomic mass is 79.9. The van der Waals surface area contributed by atoms with Crippen molar-refractivity contribution >= 4 is 15.9 Å². The van der Waals surface area contributed by atoms with Gasteiger partial charge in [-0.1, -0.05) is 6.92 Å². The van der Waals surface area contributed by atoms with E-state index in [2.05, 4.69) is 39.1 Å². The second-order valence-corrected chi connectivity index (χ2v) is 5.92. The zero-order chi connectivity index (χ0) is 12.8. The lowest BCUT2D eigenvalue weighted by Crippen LogP contribution is -2.36. The molecule has 2 heterocycles. The Morgan fingerprint density at radius 1 is 1.39 bits per heavy atom. The molecule has 3 nitrogen and oxygen atoms in total. The van der Waals surface area contributed by atoms with Gasteiger partial charge in [0.05, 0.1) is 6.54 Å². The molecule has 1 N–H and O–H groups in total. The minimum absolute atomic E-state index is 0.829. The second kappa shape index (κ2) is 7.31. The van der Waals surface area contributed by atoms with Crippen LogP contribution in [0.5, 0.6) is 0 Å². The van der Waals surface area contributed by atoms with Crippen LogP contribution in [0.25, 0.3) is 0 Å². The maximum atomic E-state index is 5.61. The Kier molecular flexibility index (Phi) is 5.73. The molecule has 1 aliphatic heterocycles. The van der Waals surface area contributed by atoms with Gasteiger partial charge in [0.2, 0.25) is 0 Å². The van der Waals surface area contributed by atoms with Gasteiger partial charge in [-0.2, -0.15) is 0 Å². The average Bonchev–Trinajstić information content (AvgIpc) is 2.76. The van der Waals surface area contributed by atoms with E-state index in [4.69, 9.17) is 4.42 Å². The van der Waals surface area contributed by atoms with Gasteiger partial charge in [-0.3, -0.25) is 4.90 Å². The van der Waals surface area contributed by atoms with Gasteiger partial charge >= 0.3 is 0 Å². The first-order chi connectivity index (χ1) is 8.78. The summed E-state index contributed by atoms with van der Waals surface area (Å²) in [7, 11) is 0. The van der Waals surface area contributed by atoms with E-state index in [1.54, 1.807) is 0 Å². The standard InChI is InChI=1S/C14H23BrN2O/c1-2-9-17(10-12-5-7-16-8-6-12)11-13-3-4-14(15)18-13/h3-4,12,16H,2,5-11H2,1H3. The van der Waals surface area contributed by atoms with Crippen molar-refractivity contribution in [3.63, 3.8) is 0 Å². The van der Waals surface area contributed by atoms with Crippen LogP contribution in [0.1, 0.15) is 31.9 Å². The van der Waals surface area contributed by atoms with Crippen molar-refractivity contribution in [2.75, 3.05) is 26.2 Å². The number of nitrogens with one attached hydrogen (secondary N) is 1. The summed E-state index contributed by atoms with van der Waals surface area (Å²) < 4.78 is 6.44. The summed E-state index contributed by atoms with van der Waals surface area (Å²) in [4.78, 5) is 2.53.